The van der Waals surface area contributed by atoms with Gasteiger partial charge in [-0.05, 0) is 56.7 Å². The van der Waals surface area contributed by atoms with E-state index < -0.39 is 11.5 Å². The Morgan fingerprint density at radius 2 is 1.79 bits per heavy atom. The lowest BCUT2D eigenvalue weighted by molar-refractivity contribution is -0.137. The summed E-state index contributed by atoms with van der Waals surface area (Å²) in [5.41, 5.74) is 2.64. The maximum absolute atomic E-state index is 13.2. The van der Waals surface area contributed by atoms with Gasteiger partial charge in [0.2, 0.25) is 0 Å². The first-order valence-corrected chi connectivity index (χ1v) is 13.1. The van der Waals surface area contributed by atoms with Crippen LogP contribution in [0.4, 0.5) is 11.4 Å². The summed E-state index contributed by atoms with van der Waals surface area (Å²) in [6.45, 7) is 9.03. The Hall–Kier alpha value is -3.85. The Morgan fingerprint density at radius 1 is 1.08 bits per heavy atom. The molecule has 200 valence electrons. The number of rotatable bonds is 7. The molecule has 3 aromatic rings. The van der Waals surface area contributed by atoms with Gasteiger partial charge in [0.1, 0.15) is 28.5 Å². The average Bonchev–Trinajstić information content (AvgIpc) is 3.31. The van der Waals surface area contributed by atoms with E-state index in [1.54, 1.807) is 50.1 Å². The number of benzene rings is 2. The molecule has 0 radical (unpaired) electrons. The first-order chi connectivity index (χ1) is 17.9. The summed E-state index contributed by atoms with van der Waals surface area (Å²) in [6.07, 6.45) is 0. The number of nitrogens with one attached hydrogen (secondary N) is 1. The van der Waals surface area contributed by atoms with Crippen molar-refractivity contribution in [2.24, 2.45) is 5.92 Å². The first-order valence-electron chi connectivity index (χ1n) is 12.3. The molecule has 1 amide bonds. The van der Waals surface area contributed by atoms with Crippen LogP contribution in [-0.2, 0) is 20.9 Å². The largest absolute Gasteiger partial charge is 0.496 e. The molecule has 8 nitrogen and oxygen atoms in total. The fraction of sp³-hybridized carbons (Fsp3) is 0.345. The number of anilines is 2. The lowest BCUT2D eigenvalue weighted by Gasteiger charge is -2.39. The summed E-state index contributed by atoms with van der Waals surface area (Å²) in [5.74, 6) is -0.352. The third kappa shape index (κ3) is 5.24. The molecule has 0 fully saturated rings. The van der Waals surface area contributed by atoms with Crippen molar-refractivity contribution in [1.82, 2.24) is 0 Å². The third-order valence-corrected chi connectivity index (χ3v) is 7.33. The highest BCUT2D eigenvalue weighted by molar-refractivity contribution is 7.13. The fourth-order valence-corrected chi connectivity index (χ4v) is 5.14. The zero-order chi connectivity index (χ0) is 27.8. The van der Waals surface area contributed by atoms with Crippen LogP contribution in [0.1, 0.15) is 47.8 Å². The number of amides is 1. The van der Waals surface area contributed by atoms with Crippen molar-refractivity contribution in [2.45, 2.75) is 46.8 Å². The third-order valence-electron chi connectivity index (χ3n) is 6.35. The molecule has 1 aliphatic rings. The van der Waals surface area contributed by atoms with Gasteiger partial charge in [-0.2, -0.15) is 0 Å². The molecule has 0 aliphatic carbocycles. The number of esters is 2. The van der Waals surface area contributed by atoms with E-state index >= 15 is 0 Å². The van der Waals surface area contributed by atoms with Gasteiger partial charge in [0, 0.05) is 29.1 Å². The number of ether oxygens (including phenoxy) is 3. The van der Waals surface area contributed by atoms with E-state index in [1.165, 1.54) is 18.4 Å². The lowest BCUT2D eigenvalue weighted by atomic mass is 9.91. The van der Waals surface area contributed by atoms with Gasteiger partial charge >= 0.3 is 11.9 Å². The summed E-state index contributed by atoms with van der Waals surface area (Å²) < 4.78 is 16.9. The molecule has 38 heavy (non-hydrogen) atoms. The number of nitrogens with zero attached hydrogens (tertiary/aromatic N) is 1. The van der Waals surface area contributed by atoms with E-state index in [0.29, 0.717) is 33.2 Å². The maximum atomic E-state index is 13.2. The number of thiophene rings is 1. The summed E-state index contributed by atoms with van der Waals surface area (Å²) in [4.78, 5) is 41.2. The average molecular weight is 537 g/mol. The summed E-state index contributed by atoms with van der Waals surface area (Å²) >= 11 is 1.36. The van der Waals surface area contributed by atoms with E-state index in [2.05, 4.69) is 5.32 Å². The van der Waals surface area contributed by atoms with Gasteiger partial charge in [0.25, 0.3) is 5.91 Å². The van der Waals surface area contributed by atoms with Crippen LogP contribution in [-0.4, -0.2) is 37.5 Å². The Morgan fingerprint density at radius 3 is 2.42 bits per heavy atom. The monoisotopic (exact) mass is 536 g/mol. The van der Waals surface area contributed by atoms with E-state index in [9.17, 15) is 14.4 Å². The number of methoxy groups -OCH3 is 1. The van der Waals surface area contributed by atoms with Crippen LogP contribution in [0.3, 0.4) is 0 Å². The summed E-state index contributed by atoms with van der Waals surface area (Å²) in [6, 6.07) is 12.5. The standard InChI is InChI=1S/C29H32N2O6S/c1-16(2)26(32)37-18-9-10-20(23(14-18)35-7)19-11-12-22-25(31(6)28(34)29(4,5)30-22)21(19)15-36-27(33)24-13-8-17(3)38-24/h8-14,16,30H,15H2,1-7H3. The van der Waals surface area contributed by atoms with Crippen LogP contribution < -0.4 is 19.7 Å². The molecule has 2 aromatic carbocycles. The normalized spacial score (nSPS) is 14.1. The minimum absolute atomic E-state index is 0.0682. The molecule has 0 unspecified atom stereocenters. The molecule has 9 heteroatoms. The Labute approximate surface area is 226 Å². The van der Waals surface area contributed by atoms with Crippen LogP contribution in [0.15, 0.2) is 42.5 Å². The number of aryl methyl sites for hydroxylation is 1. The Bertz CT molecular complexity index is 1410. The second-order valence-corrected chi connectivity index (χ2v) is 11.3. The van der Waals surface area contributed by atoms with Crippen LogP contribution in [0.5, 0.6) is 11.5 Å². The maximum Gasteiger partial charge on any atom is 0.348 e. The van der Waals surface area contributed by atoms with Gasteiger partial charge < -0.3 is 24.4 Å². The fourth-order valence-electron chi connectivity index (χ4n) is 4.37. The minimum atomic E-state index is -0.800. The van der Waals surface area contributed by atoms with Gasteiger partial charge in [-0.1, -0.05) is 19.9 Å². The summed E-state index contributed by atoms with van der Waals surface area (Å²) in [7, 11) is 3.25. The van der Waals surface area contributed by atoms with Crippen LogP contribution >= 0.6 is 11.3 Å². The van der Waals surface area contributed by atoms with Gasteiger partial charge in [-0.25, -0.2) is 4.79 Å². The van der Waals surface area contributed by atoms with Crippen molar-refractivity contribution in [3.05, 3.63) is 57.8 Å². The highest BCUT2D eigenvalue weighted by atomic mass is 32.1. The second-order valence-electron chi connectivity index (χ2n) is 10.0. The lowest BCUT2D eigenvalue weighted by Crippen LogP contribution is -2.52. The zero-order valence-corrected chi connectivity index (χ0v) is 23.4. The number of fused-ring (bicyclic) bond motifs is 1. The van der Waals surface area contributed by atoms with Crippen molar-refractivity contribution in [3.63, 3.8) is 0 Å². The van der Waals surface area contributed by atoms with E-state index in [0.717, 1.165) is 16.1 Å². The van der Waals surface area contributed by atoms with Crippen molar-refractivity contribution < 1.29 is 28.6 Å². The molecular formula is C29H32N2O6S. The summed E-state index contributed by atoms with van der Waals surface area (Å²) in [5, 5.41) is 3.31. The van der Waals surface area contributed by atoms with Gasteiger partial charge in [0.15, 0.2) is 0 Å². The molecule has 0 spiro atoms. The van der Waals surface area contributed by atoms with Gasteiger partial charge in [0.05, 0.1) is 24.4 Å². The SMILES string of the molecule is COc1cc(OC(=O)C(C)C)ccc1-c1ccc2c(c1COC(=O)c1ccc(C)s1)N(C)C(=O)C(C)(C)N2. The van der Waals surface area contributed by atoms with Crippen molar-refractivity contribution in [1.29, 1.82) is 0 Å². The van der Waals surface area contributed by atoms with Crippen molar-refractivity contribution in [3.8, 4) is 22.6 Å². The topological polar surface area (TPSA) is 94.2 Å². The first kappa shape index (κ1) is 27.2. The van der Waals surface area contributed by atoms with E-state index in [4.69, 9.17) is 14.2 Å². The van der Waals surface area contributed by atoms with Gasteiger partial charge in [-0.3, -0.25) is 9.59 Å². The number of carbonyl (C=O) groups excluding carboxylic acids is 3. The predicted molar refractivity (Wildman–Crippen MR) is 148 cm³/mol. The van der Waals surface area contributed by atoms with Crippen LogP contribution in [0, 0.1) is 12.8 Å². The Kier molecular flexibility index (Phi) is 7.51. The molecule has 0 saturated carbocycles. The number of carbonyl (C=O) groups is 3. The molecular weight excluding hydrogens is 504 g/mol. The van der Waals surface area contributed by atoms with Crippen LogP contribution in [0.2, 0.25) is 0 Å². The smallest absolute Gasteiger partial charge is 0.348 e. The second kappa shape index (κ2) is 10.5. The molecule has 2 heterocycles. The zero-order valence-electron chi connectivity index (χ0n) is 22.6. The quantitative estimate of drug-likeness (QED) is 0.300. The van der Waals surface area contributed by atoms with Crippen molar-refractivity contribution >= 4 is 40.6 Å². The highest BCUT2D eigenvalue weighted by Crippen LogP contribution is 2.45. The molecule has 0 bridgehead atoms. The minimum Gasteiger partial charge on any atom is -0.496 e. The molecule has 0 atom stereocenters. The molecule has 4 rings (SSSR count). The van der Waals surface area contributed by atoms with Crippen LogP contribution in [0.25, 0.3) is 11.1 Å². The number of hydrogen-bond acceptors (Lipinski definition) is 8. The Balaban J connectivity index is 1.80. The van der Waals surface area contributed by atoms with Crippen molar-refractivity contribution in [2.75, 3.05) is 24.4 Å². The molecule has 1 aromatic heterocycles. The molecule has 1 aliphatic heterocycles. The molecule has 0 saturated heterocycles. The number of hydrogen-bond donors (Lipinski definition) is 1. The highest BCUT2D eigenvalue weighted by Gasteiger charge is 2.39. The number of likely N-dealkylation sites (N-methyl/N-ethyl adjacent to an activating group) is 1. The van der Waals surface area contributed by atoms with Gasteiger partial charge in [-0.15, -0.1) is 11.3 Å². The molecule has 1 N–H and O–H groups in total. The van der Waals surface area contributed by atoms with E-state index in [1.807, 2.05) is 39.0 Å². The predicted octanol–water partition coefficient (Wildman–Crippen LogP) is 5.82. The van der Waals surface area contributed by atoms with E-state index in [-0.39, 0.29) is 24.4 Å².